The second kappa shape index (κ2) is 8.57. The van der Waals surface area contributed by atoms with Gasteiger partial charge in [0, 0.05) is 16.1 Å². The van der Waals surface area contributed by atoms with Crippen molar-refractivity contribution in [2.75, 3.05) is 24.0 Å². The van der Waals surface area contributed by atoms with E-state index in [0.717, 1.165) is 23.4 Å². The number of thioether (sulfide) groups is 1. The van der Waals surface area contributed by atoms with Gasteiger partial charge in [-0.2, -0.15) is 0 Å². The summed E-state index contributed by atoms with van der Waals surface area (Å²) in [5.74, 6) is 4.88. The Labute approximate surface area is 171 Å². The van der Waals surface area contributed by atoms with Crippen molar-refractivity contribution in [2.45, 2.75) is 5.16 Å². The molecule has 0 aliphatic heterocycles. The average Bonchev–Trinajstić information content (AvgIpc) is 3.03. The maximum absolute atomic E-state index is 13.8. The van der Waals surface area contributed by atoms with Gasteiger partial charge in [-0.1, -0.05) is 11.8 Å². The van der Waals surface area contributed by atoms with Crippen molar-refractivity contribution in [1.82, 2.24) is 14.9 Å². The average molecular weight is 470 g/mol. The molecule has 0 aliphatic carbocycles. The van der Waals surface area contributed by atoms with Gasteiger partial charge in [0.05, 0.1) is 18.6 Å². The normalized spacial score (nSPS) is 10.7. The SMILES string of the molecule is COc1ccc(-c2nnc(SCC(=O)Nc3c(F)cc(F)cc3Br)n2N)cc1. The number of halogens is 3. The summed E-state index contributed by atoms with van der Waals surface area (Å²) in [5.41, 5.74) is 0.588. The molecule has 3 N–H and O–H groups in total. The highest BCUT2D eigenvalue weighted by molar-refractivity contribution is 9.10. The van der Waals surface area contributed by atoms with E-state index >= 15 is 0 Å². The topological polar surface area (TPSA) is 95.1 Å². The number of hydrogen-bond acceptors (Lipinski definition) is 6. The van der Waals surface area contributed by atoms with Crippen molar-refractivity contribution >= 4 is 39.3 Å². The van der Waals surface area contributed by atoms with E-state index in [1.54, 1.807) is 31.4 Å². The lowest BCUT2D eigenvalue weighted by atomic mass is 10.2. The molecular weight excluding hydrogens is 456 g/mol. The fourth-order valence-electron chi connectivity index (χ4n) is 2.28. The second-order valence-electron chi connectivity index (χ2n) is 5.49. The second-order valence-corrected chi connectivity index (χ2v) is 7.28. The minimum atomic E-state index is -0.881. The van der Waals surface area contributed by atoms with Crippen LogP contribution in [-0.4, -0.2) is 33.6 Å². The molecule has 11 heteroatoms. The molecule has 0 unspecified atom stereocenters. The zero-order valence-corrected chi connectivity index (χ0v) is 16.9. The summed E-state index contributed by atoms with van der Waals surface area (Å²) in [6.45, 7) is 0. The van der Waals surface area contributed by atoms with Gasteiger partial charge in [0.2, 0.25) is 11.1 Å². The van der Waals surface area contributed by atoms with Gasteiger partial charge < -0.3 is 15.9 Å². The largest absolute Gasteiger partial charge is 0.497 e. The predicted octanol–water partition coefficient (Wildman–Crippen LogP) is 3.44. The Morgan fingerprint density at radius 2 is 2.00 bits per heavy atom. The number of amides is 1. The van der Waals surface area contributed by atoms with E-state index in [1.807, 2.05) is 0 Å². The number of carbonyl (C=O) groups is 1. The summed E-state index contributed by atoms with van der Waals surface area (Å²) in [4.78, 5) is 12.1. The van der Waals surface area contributed by atoms with Gasteiger partial charge >= 0.3 is 0 Å². The number of rotatable bonds is 6. The van der Waals surface area contributed by atoms with Crippen LogP contribution in [0.1, 0.15) is 0 Å². The molecule has 3 aromatic rings. The summed E-state index contributed by atoms with van der Waals surface area (Å²) in [7, 11) is 1.57. The number of aromatic nitrogens is 3. The molecule has 1 amide bonds. The Balaban J connectivity index is 1.66. The Hall–Kier alpha value is -2.66. The predicted molar refractivity (Wildman–Crippen MR) is 106 cm³/mol. The molecule has 0 fully saturated rings. The van der Waals surface area contributed by atoms with Crippen molar-refractivity contribution in [3.8, 4) is 17.1 Å². The van der Waals surface area contributed by atoms with Gasteiger partial charge in [-0.15, -0.1) is 10.2 Å². The maximum atomic E-state index is 13.8. The van der Waals surface area contributed by atoms with E-state index in [0.29, 0.717) is 22.8 Å². The maximum Gasteiger partial charge on any atom is 0.234 e. The van der Waals surface area contributed by atoms with E-state index in [2.05, 4.69) is 31.4 Å². The molecule has 28 heavy (non-hydrogen) atoms. The Morgan fingerprint density at radius 1 is 1.29 bits per heavy atom. The first kappa shape index (κ1) is 20.1. The van der Waals surface area contributed by atoms with Gasteiger partial charge in [0.25, 0.3) is 0 Å². The van der Waals surface area contributed by atoms with Crippen LogP contribution in [0.2, 0.25) is 0 Å². The summed E-state index contributed by atoms with van der Waals surface area (Å²) >= 11 is 4.04. The van der Waals surface area contributed by atoms with Crippen molar-refractivity contribution in [2.24, 2.45) is 0 Å². The van der Waals surface area contributed by atoms with E-state index in [1.165, 1.54) is 4.68 Å². The first-order valence-corrected chi connectivity index (χ1v) is 9.59. The van der Waals surface area contributed by atoms with Crippen LogP contribution in [0.25, 0.3) is 11.4 Å². The zero-order chi connectivity index (χ0) is 20.3. The third-order valence-corrected chi connectivity index (χ3v) is 5.18. The Kier molecular flexibility index (Phi) is 6.15. The van der Waals surface area contributed by atoms with Gasteiger partial charge in [0.1, 0.15) is 11.6 Å². The summed E-state index contributed by atoms with van der Waals surface area (Å²) < 4.78 is 33.4. The van der Waals surface area contributed by atoms with Crippen molar-refractivity contribution in [3.05, 3.63) is 52.5 Å². The molecule has 0 saturated heterocycles. The quantitative estimate of drug-likeness (QED) is 0.424. The molecule has 0 radical (unpaired) electrons. The first-order valence-electron chi connectivity index (χ1n) is 7.81. The summed E-state index contributed by atoms with van der Waals surface area (Å²) in [6, 6.07) is 8.83. The molecule has 0 atom stereocenters. The fraction of sp³-hybridized carbons (Fsp3) is 0.118. The molecule has 1 aromatic heterocycles. The van der Waals surface area contributed by atoms with Crippen molar-refractivity contribution in [1.29, 1.82) is 0 Å². The van der Waals surface area contributed by atoms with Crippen LogP contribution in [0, 0.1) is 11.6 Å². The standard InChI is InChI=1S/C17H14BrF2N5O2S/c1-27-11-4-2-9(3-5-11)16-23-24-17(25(16)21)28-8-14(26)22-15-12(18)6-10(19)7-13(15)20/h2-7H,8,21H2,1H3,(H,22,26). The zero-order valence-electron chi connectivity index (χ0n) is 14.4. The smallest absolute Gasteiger partial charge is 0.234 e. The molecule has 146 valence electrons. The highest BCUT2D eigenvalue weighted by Gasteiger charge is 2.16. The minimum Gasteiger partial charge on any atom is -0.497 e. The molecule has 3 rings (SSSR count). The number of nitrogens with two attached hydrogens (primary N) is 1. The summed E-state index contributed by atoms with van der Waals surface area (Å²) in [5, 5.41) is 10.7. The highest BCUT2D eigenvalue weighted by atomic mass is 79.9. The molecule has 0 spiro atoms. The molecule has 0 aliphatic rings. The van der Waals surface area contributed by atoms with Crippen molar-refractivity contribution in [3.63, 3.8) is 0 Å². The number of nitrogens with one attached hydrogen (secondary N) is 1. The molecule has 0 bridgehead atoms. The molecule has 1 heterocycles. The van der Waals surface area contributed by atoms with Gasteiger partial charge in [-0.25, -0.2) is 13.5 Å². The van der Waals surface area contributed by atoms with Crippen LogP contribution < -0.4 is 15.9 Å². The third-order valence-electron chi connectivity index (χ3n) is 3.62. The highest BCUT2D eigenvalue weighted by Crippen LogP contribution is 2.28. The third kappa shape index (κ3) is 4.42. The number of hydrogen-bond donors (Lipinski definition) is 2. The molecule has 2 aromatic carbocycles. The van der Waals surface area contributed by atoms with E-state index in [9.17, 15) is 13.6 Å². The number of methoxy groups -OCH3 is 1. The van der Waals surface area contributed by atoms with Gasteiger partial charge in [0.15, 0.2) is 11.6 Å². The van der Waals surface area contributed by atoms with Crippen LogP contribution in [0.3, 0.4) is 0 Å². The minimum absolute atomic E-state index is 0.0960. The number of anilines is 1. The van der Waals surface area contributed by atoms with Crippen LogP contribution in [0.15, 0.2) is 46.0 Å². The Bertz CT molecular complexity index is 990. The van der Waals surface area contributed by atoms with Crippen LogP contribution >= 0.6 is 27.7 Å². The summed E-state index contributed by atoms with van der Waals surface area (Å²) in [6.07, 6.45) is 0. The van der Waals surface area contributed by atoms with Gasteiger partial charge in [-0.05, 0) is 46.3 Å². The fourth-order valence-corrected chi connectivity index (χ4v) is 3.44. The van der Waals surface area contributed by atoms with E-state index in [-0.39, 0.29) is 15.9 Å². The number of carbonyl (C=O) groups excluding carboxylic acids is 1. The first-order chi connectivity index (χ1) is 13.4. The van der Waals surface area contributed by atoms with Crippen molar-refractivity contribution < 1.29 is 18.3 Å². The van der Waals surface area contributed by atoms with E-state index < -0.39 is 17.5 Å². The van der Waals surface area contributed by atoms with Crippen LogP contribution in [0.4, 0.5) is 14.5 Å². The lowest BCUT2D eigenvalue weighted by Crippen LogP contribution is -2.17. The lowest BCUT2D eigenvalue weighted by molar-refractivity contribution is -0.113. The number of nitrogen functional groups attached to an aromatic ring is 1. The lowest BCUT2D eigenvalue weighted by Gasteiger charge is -2.09. The van der Waals surface area contributed by atoms with Crippen LogP contribution in [-0.2, 0) is 4.79 Å². The van der Waals surface area contributed by atoms with E-state index in [4.69, 9.17) is 10.6 Å². The number of benzene rings is 2. The number of nitrogens with zero attached hydrogens (tertiary/aromatic N) is 3. The van der Waals surface area contributed by atoms with Gasteiger partial charge in [-0.3, -0.25) is 4.79 Å². The molecule has 7 nitrogen and oxygen atoms in total. The monoisotopic (exact) mass is 469 g/mol. The Morgan fingerprint density at radius 3 is 2.64 bits per heavy atom. The number of ether oxygens (including phenoxy) is 1. The molecular formula is C17H14BrF2N5O2S. The van der Waals surface area contributed by atoms with Crippen LogP contribution in [0.5, 0.6) is 5.75 Å². The molecule has 0 saturated carbocycles.